The van der Waals surface area contributed by atoms with Gasteiger partial charge in [0, 0.05) is 26.4 Å². The molecule has 5 heteroatoms. The average molecular weight is 232 g/mol. The molecule has 17 heavy (non-hydrogen) atoms. The zero-order valence-electron chi connectivity index (χ0n) is 10.1. The molecule has 1 fully saturated rings. The van der Waals surface area contributed by atoms with E-state index in [1.165, 1.54) is 5.56 Å². The minimum Gasteiger partial charge on any atom is -0.378 e. The topological polar surface area (TPSA) is 54.0 Å². The minimum atomic E-state index is 0.337. The summed E-state index contributed by atoms with van der Waals surface area (Å²) in [6.07, 6.45) is 4.97. The summed E-state index contributed by atoms with van der Waals surface area (Å²) in [4.78, 5) is 14.1. The Morgan fingerprint density at radius 2 is 2.29 bits per heavy atom. The Labute approximate surface area is 99.8 Å². The second kappa shape index (κ2) is 4.00. The van der Waals surface area contributed by atoms with Crippen molar-refractivity contribution in [3.63, 3.8) is 0 Å². The van der Waals surface area contributed by atoms with Crippen molar-refractivity contribution in [1.82, 2.24) is 15.0 Å². The van der Waals surface area contributed by atoms with E-state index in [-0.39, 0.29) is 0 Å². The highest BCUT2D eigenvalue weighted by Crippen LogP contribution is 2.29. The van der Waals surface area contributed by atoms with Crippen LogP contribution in [0.15, 0.2) is 12.5 Å². The Balaban J connectivity index is 2.01. The van der Waals surface area contributed by atoms with Crippen LogP contribution in [0.25, 0.3) is 11.0 Å². The number of ether oxygens (including phenoxy) is 1. The lowest BCUT2D eigenvalue weighted by Gasteiger charge is -2.39. The van der Waals surface area contributed by atoms with Crippen LogP contribution in [0.4, 0.5) is 5.82 Å². The number of aromatic amines is 1. The van der Waals surface area contributed by atoms with Crippen LogP contribution >= 0.6 is 0 Å². The Kier molecular flexibility index (Phi) is 2.48. The molecule has 1 aliphatic heterocycles. The minimum absolute atomic E-state index is 0.337. The van der Waals surface area contributed by atoms with Crippen molar-refractivity contribution in [3.05, 3.63) is 18.1 Å². The summed E-state index contributed by atoms with van der Waals surface area (Å²) in [6, 6.07) is 0. The molecule has 0 aromatic carbocycles. The standard InChI is InChI=1S/C12H16N4O/c1-3-8-4-13-11-10(8)12(15-7-14-11)16-5-9(6-16)17-2/h4,7,9H,3,5-6H2,1-2H3,(H,13,14,15). The first-order valence-electron chi connectivity index (χ1n) is 5.92. The normalized spacial score (nSPS) is 16.5. The van der Waals surface area contributed by atoms with Crippen molar-refractivity contribution in [3.8, 4) is 0 Å². The molecule has 5 nitrogen and oxygen atoms in total. The van der Waals surface area contributed by atoms with Gasteiger partial charge in [-0.15, -0.1) is 0 Å². The second-order valence-electron chi connectivity index (χ2n) is 4.35. The van der Waals surface area contributed by atoms with Crippen LogP contribution in [0.1, 0.15) is 12.5 Å². The molecule has 0 bridgehead atoms. The monoisotopic (exact) mass is 232 g/mol. The molecule has 0 atom stereocenters. The average Bonchev–Trinajstić information content (AvgIpc) is 2.71. The molecule has 1 aliphatic rings. The summed E-state index contributed by atoms with van der Waals surface area (Å²) in [5.74, 6) is 1.03. The summed E-state index contributed by atoms with van der Waals surface area (Å²) < 4.78 is 5.30. The van der Waals surface area contributed by atoms with Gasteiger partial charge in [-0.1, -0.05) is 6.92 Å². The quantitative estimate of drug-likeness (QED) is 0.868. The van der Waals surface area contributed by atoms with Gasteiger partial charge < -0.3 is 14.6 Å². The van der Waals surface area contributed by atoms with Gasteiger partial charge in [-0.2, -0.15) is 0 Å². The number of H-pyrrole nitrogens is 1. The van der Waals surface area contributed by atoms with E-state index in [0.717, 1.165) is 36.4 Å². The number of nitrogens with one attached hydrogen (secondary N) is 1. The summed E-state index contributed by atoms with van der Waals surface area (Å²) in [7, 11) is 1.76. The zero-order chi connectivity index (χ0) is 11.8. The molecule has 2 aromatic heterocycles. The summed E-state index contributed by atoms with van der Waals surface area (Å²) >= 11 is 0. The molecule has 0 aliphatic carbocycles. The lowest BCUT2D eigenvalue weighted by Crippen LogP contribution is -2.52. The summed E-state index contributed by atoms with van der Waals surface area (Å²) in [5.41, 5.74) is 2.20. The number of hydrogen-bond donors (Lipinski definition) is 1. The van der Waals surface area contributed by atoms with Gasteiger partial charge in [-0.25, -0.2) is 9.97 Å². The van der Waals surface area contributed by atoms with E-state index in [4.69, 9.17) is 4.74 Å². The molecule has 1 N–H and O–H groups in total. The van der Waals surface area contributed by atoms with Gasteiger partial charge in [0.15, 0.2) is 0 Å². The van der Waals surface area contributed by atoms with Crippen molar-refractivity contribution >= 4 is 16.9 Å². The predicted octanol–water partition coefficient (Wildman–Crippen LogP) is 1.36. The first-order valence-corrected chi connectivity index (χ1v) is 5.92. The van der Waals surface area contributed by atoms with Crippen LogP contribution in [-0.2, 0) is 11.2 Å². The number of hydrogen-bond acceptors (Lipinski definition) is 4. The van der Waals surface area contributed by atoms with Gasteiger partial charge in [-0.05, 0) is 12.0 Å². The number of nitrogens with zero attached hydrogens (tertiary/aromatic N) is 3. The highest BCUT2D eigenvalue weighted by Gasteiger charge is 2.29. The maximum atomic E-state index is 5.30. The SMILES string of the molecule is CCc1c[nH]c2ncnc(N3CC(OC)C3)c12. The predicted molar refractivity (Wildman–Crippen MR) is 66.3 cm³/mol. The highest BCUT2D eigenvalue weighted by molar-refractivity contribution is 5.91. The molecule has 90 valence electrons. The third kappa shape index (κ3) is 1.58. The first kappa shape index (κ1) is 10.5. The van der Waals surface area contributed by atoms with Gasteiger partial charge >= 0.3 is 0 Å². The zero-order valence-corrected chi connectivity index (χ0v) is 10.1. The smallest absolute Gasteiger partial charge is 0.143 e. The Hall–Kier alpha value is -1.62. The molecule has 0 unspecified atom stereocenters. The Morgan fingerprint density at radius 1 is 1.47 bits per heavy atom. The van der Waals surface area contributed by atoms with Gasteiger partial charge in [0.25, 0.3) is 0 Å². The van der Waals surface area contributed by atoms with Gasteiger partial charge in [0.1, 0.15) is 17.8 Å². The molecule has 3 heterocycles. The summed E-state index contributed by atoms with van der Waals surface area (Å²) in [6.45, 7) is 3.97. The molecule has 0 amide bonds. The maximum absolute atomic E-state index is 5.30. The molecular formula is C12H16N4O. The van der Waals surface area contributed by atoms with Crippen molar-refractivity contribution in [1.29, 1.82) is 0 Å². The number of aromatic nitrogens is 3. The molecule has 0 saturated carbocycles. The molecule has 2 aromatic rings. The lowest BCUT2D eigenvalue weighted by atomic mass is 10.1. The van der Waals surface area contributed by atoms with Crippen molar-refractivity contribution in [2.75, 3.05) is 25.1 Å². The number of anilines is 1. The fraction of sp³-hybridized carbons (Fsp3) is 0.500. The van der Waals surface area contributed by atoms with Gasteiger partial charge in [0.05, 0.1) is 11.5 Å². The fourth-order valence-corrected chi connectivity index (χ4v) is 2.29. The van der Waals surface area contributed by atoms with Crippen molar-refractivity contribution in [2.45, 2.75) is 19.4 Å². The summed E-state index contributed by atoms with van der Waals surface area (Å²) in [5, 5.41) is 1.16. The van der Waals surface area contributed by atoms with E-state index in [9.17, 15) is 0 Å². The van der Waals surface area contributed by atoms with Crippen LogP contribution in [-0.4, -0.2) is 41.3 Å². The number of methoxy groups -OCH3 is 1. The van der Waals surface area contributed by atoms with Crippen molar-refractivity contribution < 1.29 is 4.74 Å². The van der Waals surface area contributed by atoms with E-state index in [0.29, 0.717) is 6.10 Å². The highest BCUT2D eigenvalue weighted by atomic mass is 16.5. The third-order valence-corrected chi connectivity index (χ3v) is 3.39. The van der Waals surface area contributed by atoms with Crippen LogP contribution in [0, 0.1) is 0 Å². The van der Waals surface area contributed by atoms with E-state index < -0.39 is 0 Å². The van der Waals surface area contributed by atoms with E-state index in [2.05, 4.69) is 26.8 Å². The number of fused-ring (bicyclic) bond motifs is 1. The Bertz CT molecular complexity index is 530. The molecular weight excluding hydrogens is 216 g/mol. The Morgan fingerprint density at radius 3 is 3.00 bits per heavy atom. The fourth-order valence-electron chi connectivity index (χ4n) is 2.29. The van der Waals surface area contributed by atoms with E-state index >= 15 is 0 Å². The van der Waals surface area contributed by atoms with Crippen LogP contribution in [0.3, 0.4) is 0 Å². The molecule has 0 spiro atoms. The van der Waals surface area contributed by atoms with Gasteiger partial charge in [0.2, 0.25) is 0 Å². The molecule has 3 rings (SSSR count). The van der Waals surface area contributed by atoms with Gasteiger partial charge in [-0.3, -0.25) is 0 Å². The number of aryl methyl sites for hydroxylation is 1. The molecule has 1 saturated heterocycles. The van der Waals surface area contributed by atoms with E-state index in [1.54, 1.807) is 13.4 Å². The van der Waals surface area contributed by atoms with E-state index in [1.807, 2.05) is 6.20 Å². The lowest BCUT2D eigenvalue weighted by molar-refractivity contribution is 0.0784. The largest absolute Gasteiger partial charge is 0.378 e. The van der Waals surface area contributed by atoms with Crippen LogP contribution < -0.4 is 4.90 Å². The van der Waals surface area contributed by atoms with Crippen molar-refractivity contribution in [2.24, 2.45) is 0 Å². The molecule has 0 radical (unpaired) electrons. The third-order valence-electron chi connectivity index (χ3n) is 3.39. The maximum Gasteiger partial charge on any atom is 0.143 e. The number of rotatable bonds is 3. The first-order chi connectivity index (χ1) is 8.33. The van der Waals surface area contributed by atoms with Crippen LogP contribution in [0.2, 0.25) is 0 Å². The van der Waals surface area contributed by atoms with Crippen LogP contribution in [0.5, 0.6) is 0 Å². The second-order valence-corrected chi connectivity index (χ2v) is 4.35.